The Morgan fingerprint density at radius 3 is 2.45 bits per heavy atom. The molecule has 0 aliphatic carbocycles. The molecule has 3 heteroatoms. The van der Waals surface area contributed by atoms with E-state index in [9.17, 15) is 5.11 Å². The van der Waals surface area contributed by atoms with Crippen molar-refractivity contribution in [3.05, 3.63) is 84.1 Å². The number of ether oxygens (including phenoxy) is 1. The van der Waals surface area contributed by atoms with E-state index in [1.165, 1.54) is 0 Å². The van der Waals surface area contributed by atoms with Crippen LogP contribution < -0.4 is 4.74 Å². The van der Waals surface area contributed by atoms with E-state index < -0.39 is 6.10 Å². The Morgan fingerprint density at radius 1 is 0.955 bits per heavy atom. The maximum atomic E-state index is 10.7. The van der Waals surface area contributed by atoms with E-state index in [-0.39, 0.29) is 0 Å². The molecule has 110 valence electrons. The van der Waals surface area contributed by atoms with Crippen molar-refractivity contribution < 1.29 is 9.84 Å². The third kappa shape index (κ3) is 2.85. The molecular weight excluding hydrogens is 274 g/mol. The average molecular weight is 291 g/mol. The Bertz CT molecular complexity index is 756. The van der Waals surface area contributed by atoms with Gasteiger partial charge >= 0.3 is 0 Å². The lowest BCUT2D eigenvalue weighted by molar-refractivity contribution is 0.221. The van der Waals surface area contributed by atoms with Crippen molar-refractivity contribution in [2.75, 3.05) is 7.11 Å². The molecule has 0 fully saturated rings. The first kappa shape index (κ1) is 14.3. The van der Waals surface area contributed by atoms with Crippen LogP contribution in [0, 0.1) is 0 Å². The molecule has 22 heavy (non-hydrogen) atoms. The van der Waals surface area contributed by atoms with E-state index in [2.05, 4.69) is 4.98 Å². The second-order valence-corrected chi connectivity index (χ2v) is 4.98. The number of aliphatic hydroxyl groups is 1. The van der Waals surface area contributed by atoms with Crippen LogP contribution in [-0.2, 0) is 0 Å². The van der Waals surface area contributed by atoms with Gasteiger partial charge in [-0.15, -0.1) is 0 Å². The summed E-state index contributed by atoms with van der Waals surface area (Å²) in [5.74, 6) is 0.744. The van der Waals surface area contributed by atoms with Gasteiger partial charge in [-0.2, -0.15) is 0 Å². The number of benzene rings is 2. The van der Waals surface area contributed by atoms with Gasteiger partial charge in [0, 0.05) is 17.8 Å². The van der Waals surface area contributed by atoms with Gasteiger partial charge in [0.05, 0.1) is 12.8 Å². The summed E-state index contributed by atoms with van der Waals surface area (Å²) >= 11 is 0. The number of aromatic nitrogens is 1. The summed E-state index contributed by atoms with van der Waals surface area (Å²) in [7, 11) is 1.63. The summed E-state index contributed by atoms with van der Waals surface area (Å²) in [4.78, 5) is 4.40. The van der Waals surface area contributed by atoms with Gasteiger partial charge in [0.1, 0.15) is 11.9 Å². The van der Waals surface area contributed by atoms with Gasteiger partial charge < -0.3 is 9.84 Å². The number of nitrogens with zero attached hydrogens (tertiary/aromatic N) is 1. The molecule has 3 aromatic rings. The summed E-state index contributed by atoms with van der Waals surface area (Å²) < 4.78 is 5.26. The van der Waals surface area contributed by atoms with Gasteiger partial charge in [0.25, 0.3) is 0 Å². The number of aliphatic hydroxyl groups excluding tert-OH is 1. The Kier molecular flexibility index (Phi) is 4.17. The van der Waals surface area contributed by atoms with Crippen molar-refractivity contribution in [3.63, 3.8) is 0 Å². The lowest BCUT2D eigenvalue weighted by Gasteiger charge is -2.16. The van der Waals surface area contributed by atoms with Crippen LogP contribution in [0.2, 0.25) is 0 Å². The van der Waals surface area contributed by atoms with Gasteiger partial charge in [0.2, 0.25) is 0 Å². The van der Waals surface area contributed by atoms with E-state index in [0.29, 0.717) is 0 Å². The monoisotopic (exact) mass is 291 g/mol. The van der Waals surface area contributed by atoms with Crippen LogP contribution in [0.15, 0.2) is 72.9 Å². The molecule has 3 nitrogen and oxygen atoms in total. The van der Waals surface area contributed by atoms with E-state index >= 15 is 0 Å². The smallest absolute Gasteiger partial charge is 0.122 e. The Balaban J connectivity index is 2.06. The highest BCUT2D eigenvalue weighted by Gasteiger charge is 2.16. The third-order valence-electron chi connectivity index (χ3n) is 3.61. The molecule has 1 N–H and O–H groups in total. The van der Waals surface area contributed by atoms with Crippen molar-refractivity contribution >= 4 is 0 Å². The van der Waals surface area contributed by atoms with Crippen LogP contribution in [0.3, 0.4) is 0 Å². The normalized spacial score (nSPS) is 11.9. The summed E-state index contributed by atoms with van der Waals surface area (Å²) in [6.45, 7) is 0. The van der Waals surface area contributed by atoms with Gasteiger partial charge in [0.15, 0.2) is 0 Å². The van der Waals surface area contributed by atoms with E-state index in [1.807, 2.05) is 60.7 Å². The topological polar surface area (TPSA) is 42.4 Å². The Morgan fingerprint density at radius 2 is 1.68 bits per heavy atom. The third-order valence-corrected chi connectivity index (χ3v) is 3.61. The molecule has 2 aromatic carbocycles. The first-order valence-corrected chi connectivity index (χ1v) is 7.12. The minimum absolute atomic E-state index is 0.689. The van der Waals surface area contributed by atoms with Crippen molar-refractivity contribution in [1.82, 2.24) is 4.98 Å². The molecule has 1 heterocycles. The van der Waals surface area contributed by atoms with Crippen LogP contribution in [0.5, 0.6) is 5.75 Å². The summed E-state index contributed by atoms with van der Waals surface area (Å²) in [5.41, 5.74) is 3.37. The largest absolute Gasteiger partial charge is 0.497 e. The maximum Gasteiger partial charge on any atom is 0.122 e. The van der Waals surface area contributed by atoms with Gasteiger partial charge in [-0.1, -0.05) is 54.6 Å². The molecule has 0 aliphatic rings. The fraction of sp³-hybridized carbons (Fsp3) is 0.105. The highest BCUT2D eigenvalue weighted by Crippen LogP contribution is 2.31. The fourth-order valence-electron chi connectivity index (χ4n) is 2.47. The van der Waals surface area contributed by atoms with Crippen LogP contribution >= 0.6 is 0 Å². The summed E-state index contributed by atoms with van der Waals surface area (Å²) in [6.07, 6.45) is 1.02. The van der Waals surface area contributed by atoms with Gasteiger partial charge in [-0.05, 0) is 17.2 Å². The number of pyridine rings is 1. The first-order valence-electron chi connectivity index (χ1n) is 7.12. The molecule has 0 spiro atoms. The van der Waals surface area contributed by atoms with Crippen LogP contribution in [0.25, 0.3) is 11.3 Å². The quantitative estimate of drug-likeness (QED) is 0.794. The number of hydrogen-bond acceptors (Lipinski definition) is 3. The second kappa shape index (κ2) is 6.41. The molecule has 0 amide bonds. The van der Waals surface area contributed by atoms with Gasteiger partial charge in [-0.25, -0.2) is 0 Å². The molecular formula is C19H17NO2. The average Bonchev–Trinajstić information content (AvgIpc) is 2.62. The van der Waals surface area contributed by atoms with Crippen LogP contribution in [0.4, 0.5) is 0 Å². The lowest BCUT2D eigenvalue weighted by atomic mass is 9.95. The molecule has 1 aromatic heterocycles. The summed E-state index contributed by atoms with van der Waals surface area (Å²) in [6, 6.07) is 21.0. The zero-order valence-corrected chi connectivity index (χ0v) is 12.3. The summed E-state index contributed by atoms with van der Waals surface area (Å²) in [5, 5.41) is 10.7. The Labute approximate surface area is 129 Å². The molecule has 0 saturated carbocycles. The van der Waals surface area contributed by atoms with E-state index in [1.54, 1.807) is 19.4 Å². The first-order chi connectivity index (χ1) is 10.8. The fourth-order valence-corrected chi connectivity index (χ4v) is 2.47. The number of rotatable bonds is 4. The standard InChI is InChI=1S/C19H17NO2/c1-22-15-11-12-20-18(13-15)16-9-5-6-10-17(16)19(21)14-7-3-2-4-8-14/h2-13,19,21H,1H3. The van der Waals surface area contributed by atoms with E-state index in [4.69, 9.17) is 4.74 Å². The second-order valence-electron chi connectivity index (χ2n) is 4.98. The van der Waals surface area contributed by atoms with Gasteiger partial charge in [-0.3, -0.25) is 4.98 Å². The van der Waals surface area contributed by atoms with Crippen molar-refractivity contribution in [2.45, 2.75) is 6.10 Å². The zero-order valence-electron chi connectivity index (χ0n) is 12.3. The van der Waals surface area contributed by atoms with Crippen LogP contribution in [0.1, 0.15) is 17.2 Å². The number of methoxy groups -OCH3 is 1. The lowest BCUT2D eigenvalue weighted by Crippen LogP contribution is -2.02. The van der Waals surface area contributed by atoms with Crippen LogP contribution in [-0.4, -0.2) is 17.2 Å². The van der Waals surface area contributed by atoms with E-state index in [0.717, 1.165) is 28.1 Å². The molecule has 1 unspecified atom stereocenters. The molecule has 0 radical (unpaired) electrons. The molecule has 3 rings (SSSR count). The molecule has 1 atom stereocenters. The predicted octanol–water partition coefficient (Wildman–Crippen LogP) is 3.84. The minimum atomic E-state index is -0.689. The van der Waals surface area contributed by atoms with Crippen molar-refractivity contribution in [1.29, 1.82) is 0 Å². The maximum absolute atomic E-state index is 10.7. The zero-order chi connectivity index (χ0) is 15.4. The molecule has 0 saturated heterocycles. The SMILES string of the molecule is COc1ccnc(-c2ccccc2C(O)c2ccccc2)c1. The van der Waals surface area contributed by atoms with Crippen molar-refractivity contribution in [2.24, 2.45) is 0 Å². The molecule has 0 aliphatic heterocycles. The van der Waals surface area contributed by atoms with Crippen molar-refractivity contribution in [3.8, 4) is 17.0 Å². The molecule has 0 bridgehead atoms. The highest BCUT2D eigenvalue weighted by molar-refractivity contribution is 5.66. The highest BCUT2D eigenvalue weighted by atomic mass is 16.5. The minimum Gasteiger partial charge on any atom is -0.497 e. The number of hydrogen-bond donors (Lipinski definition) is 1. The Hall–Kier alpha value is -2.65. The predicted molar refractivity (Wildman–Crippen MR) is 86.7 cm³/mol.